The molecule has 0 aromatic heterocycles. The predicted octanol–water partition coefficient (Wildman–Crippen LogP) is 4.45. The summed E-state index contributed by atoms with van der Waals surface area (Å²) in [5, 5.41) is 9.77. The Hall–Kier alpha value is -1.57. The molecule has 0 saturated carbocycles. The Labute approximate surface area is 126 Å². The van der Waals surface area contributed by atoms with Crippen molar-refractivity contribution in [2.45, 2.75) is 64.2 Å². The molecule has 0 saturated heterocycles. The molecular formula is C19H24O2. The minimum absolute atomic E-state index is 0.0509. The second-order valence-corrected chi connectivity index (χ2v) is 6.55. The van der Waals surface area contributed by atoms with Crippen LogP contribution >= 0.6 is 0 Å². The van der Waals surface area contributed by atoms with E-state index in [-0.39, 0.29) is 5.41 Å². The molecule has 2 aliphatic carbocycles. The number of hydrogen-bond donors (Lipinski definition) is 1. The zero-order chi connectivity index (χ0) is 15.0. The van der Waals surface area contributed by atoms with E-state index in [9.17, 15) is 9.90 Å². The first kappa shape index (κ1) is 14.4. The molecule has 1 atom stereocenters. The Morgan fingerprint density at radius 1 is 1.24 bits per heavy atom. The molecule has 0 aliphatic heterocycles. The second kappa shape index (κ2) is 5.32. The summed E-state index contributed by atoms with van der Waals surface area (Å²) in [6.45, 7) is 4.24. The normalized spacial score (nSPS) is 24.8. The van der Waals surface area contributed by atoms with Gasteiger partial charge in [0.05, 0.1) is 0 Å². The van der Waals surface area contributed by atoms with Gasteiger partial charge in [-0.25, -0.2) is 0 Å². The molecule has 0 amide bonds. The van der Waals surface area contributed by atoms with Gasteiger partial charge in [0.15, 0.2) is 5.78 Å². The van der Waals surface area contributed by atoms with E-state index >= 15 is 0 Å². The fourth-order valence-electron chi connectivity index (χ4n) is 4.32. The van der Waals surface area contributed by atoms with Crippen LogP contribution in [0.5, 0.6) is 5.75 Å². The van der Waals surface area contributed by atoms with Crippen molar-refractivity contribution in [2.24, 2.45) is 0 Å². The number of carbonyl (C=O) groups excluding carboxylic acids is 1. The molecule has 0 fully saturated rings. The molecule has 0 spiro atoms. The molecule has 112 valence electrons. The molecule has 2 nitrogen and oxygen atoms in total. The van der Waals surface area contributed by atoms with Crippen LogP contribution in [0.4, 0.5) is 0 Å². The summed E-state index contributed by atoms with van der Waals surface area (Å²) in [4.78, 5) is 12.1. The van der Waals surface area contributed by atoms with Gasteiger partial charge in [-0.2, -0.15) is 0 Å². The van der Waals surface area contributed by atoms with Gasteiger partial charge in [0.2, 0.25) is 0 Å². The van der Waals surface area contributed by atoms with E-state index in [2.05, 4.69) is 13.0 Å². The summed E-state index contributed by atoms with van der Waals surface area (Å²) in [6.07, 6.45) is 7.01. The van der Waals surface area contributed by atoms with E-state index in [0.29, 0.717) is 18.0 Å². The molecule has 1 N–H and O–H groups in total. The zero-order valence-electron chi connectivity index (χ0n) is 13.0. The number of aromatic hydroxyl groups is 1. The Bertz CT molecular complexity index is 612. The molecule has 3 rings (SSSR count). The molecule has 0 heterocycles. The second-order valence-electron chi connectivity index (χ2n) is 6.55. The maximum Gasteiger partial charge on any atom is 0.158 e. The van der Waals surface area contributed by atoms with Crippen LogP contribution in [0.3, 0.4) is 0 Å². The van der Waals surface area contributed by atoms with E-state index < -0.39 is 0 Å². The largest absolute Gasteiger partial charge is 0.508 e. The molecule has 0 bridgehead atoms. The van der Waals surface area contributed by atoms with Crippen molar-refractivity contribution >= 4 is 5.78 Å². The van der Waals surface area contributed by atoms with Crippen molar-refractivity contribution in [3.63, 3.8) is 0 Å². The Balaban J connectivity index is 2.17. The van der Waals surface area contributed by atoms with Crippen molar-refractivity contribution in [1.29, 1.82) is 0 Å². The van der Waals surface area contributed by atoms with E-state index in [1.54, 1.807) is 6.07 Å². The summed E-state index contributed by atoms with van der Waals surface area (Å²) < 4.78 is 0. The van der Waals surface area contributed by atoms with Crippen LogP contribution in [0.1, 0.15) is 63.5 Å². The molecule has 0 radical (unpaired) electrons. The average Bonchev–Trinajstić information content (AvgIpc) is 2.48. The Morgan fingerprint density at radius 3 is 2.81 bits per heavy atom. The van der Waals surface area contributed by atoms with Crippen LogP contribution < -0.4 is 0 Å². The standard InChI is InChI=1S/C19H24O2/c1-3-4-10-19-11-9-18(21)13(2)16(19)7-5-14-12-15(20)6-8-17(14)19/h6,8,12,20H,3-5,7,9-11H2,1-2H3. The van der Waals surface area contributed by atoms with Crippen molar-refractivity contribution in [1.82, 2.24) is 0 Å². The number of allylic oxidation sites excluding steroid dienone is 2. The molecule has 2 heteroatoms. The fourth-order valence-corrected chi connectivity index (χ4v) is 4.32. The van der Waals surface area contributed by atoms with E-state index in [0.717, 1.165) is 31.3 Å². The number of carbonyl (C=O) groups is 1. The van der Waals surface area contributed by atoms with Crippen LogP contribution in [0.2, 0.25) is 0 Å². The van der Waals surface area contributed by atoms with Crippen LogP contribution in [0.25, 0.3) is 0 Å². The lowest BCUT2D eigenvalue weighted by molar-refractivity contribution is -0.116. The molecule has 21 heavy (non-hydrogen) atoms. The third-order valence-electron chi connectivity index (χ3n) is 5.43. The Morgan fingerprint density at radius 2 is 2.05 bits per heavy atom. The Kier molecular flexibility index (Phi) is 3.64. The highest BCUT2D eigenvalue weighted by atomic mass is 16.3. The SMILES string of the molecule is CCCCC12CCC(=O)C(C)=C1CCc1cc(O)ccc12. The average molecular weight is 284 g/mol. The minimum atomic E-state index is 0.0509. The minimum Gasteiger partial charge on any atom is -0.508 e. The van der Waals surface area contributed by atoms with Gasteiger partial charge in [-0.05, 0) is 61.4 Å². The van der Waals surface area contributed by atoms with Crippen molar-refractivity contribution in [3.05, 3.63) is 40.5 Å². The summed E-state index contributed by atoms with van der Waals surface area (Å²) in [5.74, 6) is 0.690. The van der Waals surface area contributed by atoms with E-state index in [1.165, 1.54) is 29.5 Å². The number of ketones is 1. The maximum atomic E-state index is 12.1. The number of phenolic OH excluding ortho intramolecular Hbond substituents is 1. The lowest BCUT2D eigenvalue weighted by atomic mass is 9.58. The van der Waals surface area contributed by atoms with Gasteiger partial charge in [0, 0.05) is 11.8 Å². The lowest BCUT2D eigenvalue weighted by Gasteiger charge is -2.45. The first-order valence-electron chi connectivity index (χ1n) is 8.14. The summed E-state index contributed by atoms with van der Waals surface area (Å²) in [5.41, 5.74) is 5.08. The molecule has 2 aliphatic rings. The third-order valence-corrected chi connectivity index (χ3v) is 5.43. The molecule has 1 unspecified atom stereocenters. The van der Waals surface area contributed by atoms with Gasteiger partial charge in [-0.1, -0.05) is 31.4 Å². The lowest BCUT2D eigenvalue weighted by Crippen LogP contribution is -2.38. The quantitative estimate of drug-likeness (QED) is 0.890. The number of rotatable bonds is 3. The van der Waals surface area contributed by atoms with E-state index in [1.807, 2.05) is 13.0 Å². The first-order valence-corrected chi connectivity index (χ1v) is 8.14. The number of unbranched alkanes of at least 4 members (excludes halogenated alkanes) is 1. The van der Waals surface area contributed by atoms with Gasteiger partial charge < -0.3 is 5.11 Å². The van der Waals surface area contributed by atoms with Crippen LogP contribution in [-0.4, -0.2) is 10.9 Å². The number of benzene rings is 1. The number of Topliss-reactive ketones (excluding diaryl/α,β-unsaturated/α-hetero) is 1. The van der Waals surface area contributed by atoms with Gasteiger partial charge in [-0.3, -0.25) is 4.79 Å². The highest BCUT2D eigenvalue weighted by Crippen LogP contribution is 2.52. The smallest absolute Gasteiger partial charge is 0.158 e. The topological polar surface area (TPSA) is 37.3 Å². The zero-order valence-corrected chi connectivity index (χ0v) is 13.0. The van der Waals surface area contributed by atoms with Crippen LogP contribution in [0, 0.1) is 0 Å². The number of aryl methyl sites for hydroxylation is 1. The number of phenols is 1. The van der Waals surface area contributed by atoms with Gasteiger partial charge in [-0.15, -0.1) is 0 Å². The summed E-state index contributed by atoms with van der Waals surface area (Å²) in [6, 6.07) is 5.83. The third kappa shape index (κ3) is 2.21. The van der Waals surface area contributed by atoms with Gasteiger partial charge >= 0.3 is 0 Å². The monoisotopic (exact) mass is 284 g/mol. The predicted molar refractivity (Wildman–Crippen MR) is 84.6 cm³/mol. The van der Waals surface area contributed by atoms with Crippen LogP contribution in [0.15, 0.2) is 29.3 Å². The van der Waals surface area contributed by atoms with Crippen molar-refractivity contribution < 1.29 is 9.90 Å². The van der Waals surface area contributed by atoms with Crippen LogP contribution in [-0.2, 0) is 16.6 Å². The number of fused-ring (bicyclic) bond motifs is 3. The number of hydrogen-bond acceptors (Lipinski definition) is 2. The highest BCUT2D eigenvalue weighted by molar-refractivity contribution is 5.97. The summed E-state index contributed by atoms with van der Waals surface area (Å²) >= 11 is 0. The van der Waals surface area contributed by atoms with Crippen molar-refractivity contribution in [2.75, 3.05) is 0 Å². The van der Waals surface area contributed by atoms with Gasteiger partial charge in [0.25, 0.3) is 0 Å². The maximum absolute atomic E-state index is 12.1. The molecule has 1 aromatic carbocycles. The van der Waals surface area contributed by atoms with E-state index in [4.69, 9.17) is 0 Å². The van der Waals surface area contributed by atoms with Crippen molar-refractivity contribution in [3.8, 4) is 5.75 Å². The molecular weight excluding hydrogens is 260 g/mol. The fraction of sp³-hybridized carbons (Fsp3) is 0.526. The first-order chi connectivity index (χ1) is 10.1. The highest BCUT2D eigenvalue weighted by Gasteiger charge is 2.44. The summed E-state index contributed by atoms with van der Waals surface area (Å²) in [7, 11) is 0. The molecule has 1 aromatic rings. The van der Waals surface area contributed by atoms with Gasteiger partial charge in [0.1, 0.15) is 5.75 Å².